The van der Waals surface area contributed by atoms with Crippen LogP contribution in [0.25, 0.3) is 16.9 Å². The van der Waals surface area contributed by atoms with Gasteiger partial charge in [-0.15, -0.1) is 11.6 Å². The summed E-state index contributed by atoms with van der Waals surface area (Å²) in [6.07, 6.45) is 0.775. The van der Waals surface area contributed by atoms with Crippen molar-refractivity contribution in [3.63, 3.8) is 0 Å². The van der Waals surface area contributed by atoms with Gasteiger partial charge in [-0.3, -0.25) is 19.3 Å². The molecule has 4 atom stereocenters. The molecule has 3 amide bonds. The van der Waals surface area contributed by atoms with Gasteiger partial charge in [-0.1, -0.05) is 18.2 Å². The highest BCUT2D eigenvalue weighted by Gasteiger charge is 2.64. The van der Waals surface area contributed by atoms with E-state index in [1.165, 1.54) is 11.0 Å². The van der Waals surface area contributed by atoms with Gasteiger partial charge in [0, 0.05) is 29.6 Å². The molecule has 232 valence electrons. The Morgan fingerprint density at radius 2 is 1.77 bits per heavy atom. The third-order valence-electron chi connectivity index (χ3n) is 8.65. The zero-order valence-corrected chi connectivity index (χ0v) is 24.8. The van der Waals surface area contributed by atoms with Crippen molar-refractivity contribution >= 4 is 46.6 Å². The number of halogens is 1. The van der Waals surface area contributed by atoms with Gasteiger partial charge in [0.1, 0.15) is 22.8 Å². The lowest BCUT2D eigenvalue weighted by atomic mass is 9.57. The van der Waals surface area contributed by atoms with Crippen LogP contribution in [0.3, 0.4) is 0 Å². The number of nitrogens with two attached hydrogens (primary N) is 1. The van der Waals surface area contributed by atoms with E-state index in [1.54, 1.807) is 44.4 Å². The topological polar surface area (TPSA) is 203 Å². The number of urea groups is 1. The van der Waals surface area contributed by atoms with Crippen LogP contribution in [0.2, 0.25) is 0 Å². The summed E-state index contributed by atoms with van der Waals surface area (Å²) in [7, 11) is 3.09. The molecule has 1 unspecified atom stereocenters. The molecule has 0 aromatic heterocycles. The molecule has 44 heavy (non-hydrogen) atoms. The predicted octanol–water partition coefficient (Wildman–Crippen LogP) is 2.38. The van der Waals surface area contributed by atoms with Crippen LogP contribution in [0.5, 0.6) is 5.75 Å². The van der Waals surface area contributed by atoms with Crippen molar-refractivity contribution in [3.05, 3.63) is 64.4 Å². The third kappa shape index (κ3) is 4.88. The van der Waals surface area contributed by atoms with E-state index in [0.29, 0.717) is 41.2 Å². The van der Waals surface area contributed by atoms with E-state index in [4.69, 9.17) is 17.3 Å². The molecule has 0 bridgehead atoms. The quantitative estimate of drug-likeness (QED) is 0.137. The number of aliphatic hydroxyl groups excluding tert-OH is 2. The molecule has 13 heteroatoms. The number of carbonyl (C=O) groups is 4. The standard InChI is InChI=1S/C31H33ClN4O8/c1-36(2)24-19-13-15-12-18-17(14-4-6-16(7-5-14)35-30(43)34-11-3-10-32)8-9-20(37)22(18)25(38)21(15)27(40)31(19,44)28(41)23(26(24)39)29(33)42/h4-9,15,19,24,37-38,41,44H,3,10-13H2,1-2H3,(H2,33,42)(H2,34,35,43)/t15-,19-,24?,31-/m1/s1. The van der Waals surface area contributed by atoms with E-state index in [9.17, 15) is 39.6 Å². The van der Waals surface area contributed by atoms with E-state index in [2.05, 4.69) is 10.6 Å². The second-order valence-corrected chi connectivity index (χ2v) is 11.8. The average molecular weight is 625 g/mol. The molecule has 1 fully saturated rings. The number of anilines is 1. The first kappa shape index (κ1) is 31.0. The van der Waals surface area contributed by atoms with Gasteiger partial charge in [-0.05, 0) is 74.2 Å². The Morgan fingerprint density at radius 3 is 2.39 bits per heavy atom. The minimum Gasteiger partial charge on any atom is -0.508 e. The molecule has 2 aromatic carbocycles. The van der Waals surface area contributed by atoms with Gasteiger partial charge >= 0.3 is 6.03 Å². The number of fused-ring (bicyclic) bond motifs is 3. The van der Waals surface area contributed by atoms with Gasteiger partial charge in [0.2, 0.25) is 5.78 Å². The number of phenolic OH excluding ortho intramolecular Hbond substituents is 1. The fraction of sp³-hybridized carbons (Fsp3) is 0.355. The Balaban J connectivity index is 1.56. The zero-order chi connectivity index (χ0) is 32.1. The third-order valence-corrected chi connectivity index (χ3v) is 8.92. The number of alkyl halides is 1. The Bertz CT molecular complexity index is 1630. The van der Waals surface area contributed by atoms with Gasteiger partial charge in [-0.2, -0.15) is 0 Å². The first-order valence-corrected chi connectivity index (χ1v) is 14.6. The number of hydrogen-bond donors (Lipinski definition) is 7. The summed E-state index contributed by atoms with van der Waals surface area (Å²) in [4.78, 5) is 53.0. The van der Waals surface area contributed by atoms with Crippen molar-refractivity contribution in [2.24, 2.45) is 17.6 Å². The van der Waals surface area contributed by atoms with Gasteiger partial charge in [0.25, 0.3) is 5.91 Å². The maximum absolute atomic E-state index is 14.0. The minimum absolute atomic E-state index is 0.000315. The summed E-state index contributed by atoms with van der Waals surface area (Å²) in [5, 5.41) is 50.4. The van der Waals surface area contributed by atoms with E-state index in [0.717, 1.165) is 0 Å². The lowest BCUT2D eigenvalue weighted by Gasteiger charge is -2.50. The number of aromatic hydroxyl groups is 1. The summed E-state index contributed by atoms with van der Waals surface area (Å²) in [5.41, 5.74) is 4.02. The number of Topliss-reactive ketones (excluding diaryl/α,β-unsaturated/α-hetero) is 2. The Hall–Kier alpha value is -4.39. The van der Waals surface area contributed by atoms with E-state index < -0.39 is 58.0 Å². The first-order valence-electron chi connectivity index (χ1n) is 14.0. The van der Waals surface area contributed by atoms with Crippen molar-refractivity contribution in [1.29, 1.82) is 0 Å². The maximum Gasteiger partial charge on any atom is 0.319 e. The van der Waals surface area contributed by atoms with Crippen molar-refractivity contribution in [2.75, 3.05) is 31.8 Å². The summed E-state index contributed by atoms with van der Waals surface area (Å²) < 4.78 is 0. The zero-order valence-electron chi connectivity index (χ0n) is 24.1. The van der Waals surface area contributed by atoms with Crippen molar-refractivity contribution in [3.8, 4) is 16.9 Å². The van der Waals surface area contributed by atoms with Crippen LogP contribution in [-0.4, -0.2) is 87.0 Å². The van der Waals surface area contributed by atoms with E-state index in [1.807, 2.05) is 0 Å². The molecule has 0 radical (unpaired) electrons. The molecule has 3 aliphatic carbocycles. The summed E-state index contributed by atoms with van der Waals surface area (Å²) in [6.45, 7) is 0.430. The highest BCUT2D eigenvalue weighted by Crippen LogP contribution is 2.53. The summed E-state index contributed by atoms with van der Waals surface area (Å²) in [5.74, 6) is -6.59. The highest BCUT2D eigenvalue weighted by atomic mass is 35.5. The molecule has 5 rings (SSSR count). The number of ketones is 2. The number of aliphatic hydroxyl groups is 3. The van der Waals surface area contributed by atoms with Crippen LogP contribution in [0.4, 0.5) is 10.5 Å². The van der Waals surface area contributed by atoms with Crippen LogP contribution < -0.4 is 16.4 Å². The normalized spacial score (nSPS) is 24.5. The fourth-order valence-electron chi connectivity index (χ4n) is 6.69. The molecule has 2 aromatic rings. The van der Waals surface area contributed by atoms with Gasteiger partial charge in [0.05, 0.1) is 11.6 Å². The SMILES string of the molecule is CN(C)C1C(=O)C(C(N)=O)=C(O)[C@]2(O)C(=O)C3=C(O)c4c(O)ccc(-c5ccc(NC(=O)NCCCCl)cc5)c4C[C@@H]3C[C@H]12. The Kier molecular flexibility index (Phi) is 8.19. The highest BCUT2D eigenvalue weighted by molar-refractivity contribution is 6.24. The molecule has 8 N–H and O–H groups in total. The van der Waals surface area contributed by atoms with E-state index in [-0.39, 0.29) is 35.8 Å². The van der Waals surface area contributed by atoms with Gasteiger partial charge in [-0.25, -0.2) is 4.79 Å². The molecule has 12 nitrogen and oxygen atoms in total. The minimum atomic E-state index is -2.70. The van der Waals surface area contributed by atoms with E-state index >= 15 is 0 Å². The number of carbonyl (C=O) groups excluding carboxylic acids is 4. The number of phenols is 1. The van der Waals surface area contributed by atoms with Gasteiger partial charge in [0.15, 0.2) is 11.4 Å². The number of nitrogens with one attached hydrogen (secondary N) is 2. The van der Waals surface area contributed by atoms with Crippen LogP contribution in [-0.2, 0) is 20.8 Å². The molecule has 0 heterocycles. The van der Waals surface area contributed by atoms with Crippen LogP contribution >= 0.6 is 11.6 Å². The molecular formula is C31H33ClN4O8. The predicted molar refractivity (Wildman–Crippen MR) is 162 cm³/mol. The molecule has 0 spiro atoms. The summed E-state index contributed by atoms with van der Waals surface area (Å²) in [6, 6.07) is 8.43. The Labute approximate surface area is 257 Å². The van der Waals surface area contributed by atoms with Crippen LogP contribution in [0.15, 0.2) is 53.3 Å². The number of hydrogen-bond acceptors (Lipinski definition) is 9. The smallest absolute Gasteiger partial charge is 0.319 e. The molecule has 0 aliphatic heterocycles. The number of benzene rings is 2. The summed E-state index contributed by atoms with van der Waals surface area (Å²) >= 11 is 5.64. The number of rotatable bonds is 7. The molecule has 3 aliphatic rings. The molecular weight excluding hydrogens is 592 g/mol. The number of likely N-dealkylation sites (N-methyl/N-ethyl adjacent to an activating group) is 1. The van der Waals surface area contributed by atoms with Crippen LogP contribution in [0, 0.1) is 11.8 Å². The largest absolute Gasteiger partial charge is 0.508 e. The first-order chi connectivity index (χ1) is 20.8. The molecule has 0 saturated heterocycles. The Morgan fingerprint density at radius 1 is 1.09 bits per heavy atom. The lowest BCUT2D eigenvalue weighted by molar-refractivity contribution is -0.153. The monoisotopic (exact) mass is 624 g/mol. The maximum atomic E-state index is 14.0. The molecule has 1 saturated carbocycles. The lowest BCUT2D eigenvalue weighted by Crippen LogP contribution is -2.65. The number of primary amides is 1. The average Bonchev–Trinajstić information content (AvgIpc) is 2.95. The van der Waals surface area contributed by atoms with Crippen molar-refractivity contribution < 1.29 is 39.6 Å². The van der Waals surface area contributed by atoms with Crippen molar-refractivity contribution in [1.82, 2.24) is 10.2 Å². The second-order valence-electron chi connectivity index (χ2n) is 11.4. The second kappa shape index (κ2) is 11.6. The van der Waals surface area contributed by atoms with Crippen molar-refractivity contribution in [2.45, 2.75) is 30.9 Å². The fourth-order valence-corrected chi connectivity index (χ4v) is 6.83. The van der Waals surface area contributed by atoms with Gasteiger partial charge < -0.3 is 36.8 Å². The number of amides is 3. The van der Waals surface area contributed by atoms with Crippen LogP contribution in [0.1, 0.15) is 24.0 Å². The number of nitrogens with zero attached hydrogens (tertiary/aromatic N) is 1.